The molecule has 1 aromatic carbocycles. The maximum Gasteiger partial charge on any atom is 0.246 e. The molecule has 0 bridgehead atoms. The van der Waals surface area contributed by atoms with E-state index in [0.717, 1.165) is 0 Å². The number of halogens is 2. The molecule has 1 saturated heterocycles. The van der Waals surface area contributed by atoms with Crippen LogP contribution in [-0.2, 0) is 23.5 Å². The molecule has 8 heteroatoms. The van der Waals surface area contributed by atoms with Crippen LogP contribution in [0.1, 0.15) is 29.8 Å². The van der Waals surface area contributed by atoms with Gasteiger partial charge >= 0.3 is 0 Å². The number of benzene rings is 1. The highest BCUT2D eigenvalue weighted by molar-refractivity contribution is 7.89. The van der Waals surface area contributed by atoms with E-state index in [1.54, 1.807) is 37.7 Å². The summed E-state index contributed by atoms with van der Waals surface area (Å²) in [5, 5.41) is 4.60. The van der Waals surface area contributed by atoms with Crippen LogP contribution in [0.15, 0.2) is 23.1 Å². The molecule has 0 amide bonds. The van der Waals surface area contributed by atoms with Gasteiger partial charge in [0.25, 0.3) is 0 Å². The summed E-state index contributed by atoms with van der Waals surface area (Å²) in [6.07, 6.45) is 2.02. The Hall–Kier alpha value is -1.44. The van der Waals surface area contributed by atoms with E-state index in [4.69, 9.17) is 11.6 Å². The first-order valence-electron chi connectivity index (χ1n) is 8.64. The summed E-state index contributed by atoms with van der Waals surface area (Å²) in [6.45, 7) is 4.37. The average molecular weight is 400 g/mol. The van der Waals surface area contributed by atoms with Crippen molar-refractivity contribution in [1.82, 2.24) is 14.1 Å². The van der Waals surface area contributed by atoms with Gasteiger partial charge < -0.3 is 0 Å². The molecular formula is C18H23ClFN3O2S. The van der Waals surface area contributed by atoms with Crippen LogP contribution in [0.5, 0.6) is 0 Å². The van der Waals surface area contributed by atoms with Crippen molar-refractivity contribution in [1.29, 1.82) is 0 Å². The lowest BCUT2D eigenvalue weighted by Gasteiger charge is -2.31. The molecule has 2 aromatic rings. The largest absolute Gasteiger partial charge is 0.271 e. The van der Waals surface area contributed by atoms with E-state index in [0.29, 0.717) is 59.2 Å². The van der Waals surface area contributed by atoms with Gasteiger partial charge in [0.05, 0.1) is 11.4 Å². The number of hydrogen-bond acceptors (Lipinski definition) is 3. The van der Waals surface area contributed by atoms with Crippen molar-refractivity contribution < 1.29 is 12.8 Å². The predicted molar refractivity (Wildman–Crippen MR) is 99.3 cm³/mol. The van der Waals surface area contributed by atoms with Gasteiger partial charge in [-0.2, -0.15) is 9.40 Å². The zero-order chi connectivity index (χ0) is 19.1. The molecule has 5 nitrogen and oxygen atoms in total. The van der Waals surface area contributed by atoms with Crippen molar-refractivity contribution in [3.63, 3.8) is 0 Å². The van der Waals surface area contributed by atoms with E-state index in [-0.39, 0.29) is 11.7 Å². The van der Waals surface area contributed by atoms with E-state index < -0.39 is 10.0 Å². The Morgan fingerprint density at radius 1 is 1.27 bits per heavy atom. The van der Waals surface area contributed by atoms with Crippen LogP contribution in [-0.4, -0.2) is 35.6 Å². The van der Waals surface area contributed by atoms with Crippen molar-refractivity contribution in [2.75, 3.05) is 13.1 Å². The molecule has 0 unspecified atom stereocenters. The number of rotatable bonds is 4. The van der Waals surface area contributed by atoms with Crippen LogP contribution >= 0.6 is 11.6 Å². The molecule has 0 N–H and O–H groups in total. The third-order valence-corrected chi connectivity index (χ3v) is 7.52. The molecule has 0 atom stereocenters. The first-order valence-corrected chi connectivity index (χ1v) is 10.5. The molecule has 0 spiro atoms. The van der Waals surface area contributed by atoms with Crippen LogP contribution in [0.25, 0.3) is 0 Å². The van der Waals surface area contributed by atoms with Crippen LogP contribution in [0.2, 0.25) is 5.02 Å². The molecule has 1 aliphatic rings. The van der Waals surface area contributed by atoms with Crippen molar-refractivity contribution in [2.24, 2.45) is 13.0 Å². The van der Waals surface area contributed by atoms with Crippen LogP contribution in [0, 0.1) is 25.6 Å². The lowest BCUT2D eigenvalue weighted by molar-refractivity contribution is 0.271. The Morgan fingerprint density at radius 3 is 2.46 bits per heavy atom. The minimum absolute atomic E-state index is 0.258. The second-order valence-corrected chi connectivity index (χ2v) is 9.22. The summed E-state index contributed by atoms with van der Waals surface area (Å²) >= 11 is 5.79. The van der Waals surface area contributed by atoms with Crippen molar-refractivity contribution in [3.05, 3.63) is 46.0 Å². The normalized spacial score (nSPS) is 17.0. The van der Waals surface area contributed by atoms with Gasteiger partial charge in [-0.05, 0) is 56.7 Å². The van der Waals surface area contributed by atoms with E-state index in [9.17, 15) is 12.8 Å². The summed E-state index contributed by atoms with van der Waals surface area (Å²) in [5.74, 6) is -0.0395. The average Bonchev–Trinajstić information content (AvgIpc) is 2.83. The van der Waals surface area contributed by atoms with E-state index in [1.165, 1.54) is 10.4 Å². The fourth-order valence-electron chi connectivity index (χ4n) is 3.61. The monoisotopic (exact) mass is 399 g/mol. The second kappa shape index (κ2) is 7.29. The lowest BCUT2D eigenvalue weighted by atomic mass is 9.91. The molecule has 142 valence electrons. The number of aromatic nitrogens is 2. The smallest absolute Gasteiger partial charge is 0.246 e. The van der Waals surface area contributed by atoms with Crippen molar-refractivity contribution in [2.45, 2.75) is 38.0 Å². The van der Waals surface area contributed by atoms with E-state index in [2.05, 4.69) is 5.10 Å². The summed E-state index contributed by atoms with van der Waals surface area (Å²) in [7, 11) is -1.81. The van der Waals surface area contributed by atoms with Gasteiger partial charge in [0.1, 0.15) is 10.7 Å². The van der Waals surface area contributed by atoms with Gasteiger partial charge in [0, 0.05) is 25.2 Å². The molecule has 2 heterocycles. The molecule has 0 radical (unpaired) electrons. The van der Waals surface area contributed by atoms with Gasteiger partial charge in [-0.15, -0.1) is 0 Å². The Morgan fingerprint density at radius 2 is 1.92 bits per heavy atom. The zero-order valence-electron chi connectivity index (χ0n) is 15.2. The Kier molecular flexibility index (Phi) is 5.42. The highest BCUT2D eigenvalue weighted by atomic mass is 35.5. The Labute approximate surface area is 158 Å². The lowest BCUT2D eigenvalue weighted by Crippen LogP contribution is -2.39. The van der Waals surface area contributed by atoms with E-state index >= 15 is 0 Å². The van der Waals surface area contributed by atoms with Crippen LogP contribution in [0.4, 0.5) is 4.39 Å². The van der Waals surface area contributed by atoms with Crippen molar-refractivity contribution in [3.8, 4) is 0 Å². The molecule has 1 fully saturated rings. The van der Waals surface area contributed by atoms with Gasteiger partial charge in [-0.1, -0.05) is 17.7 Å². The van der Waals surface area contributed by atoms with Crippen LogP contribution < -0.4 is 0 Å². The molecule has 0 aliphatic carbocycles. The summed E-state index contributed by atoms with van der Waals surface area (Å²) in [4.78, 5) is 0.308. The van der Waals surface area contributed by atoms with Crippen molar-refractivity contribution >= 4 is 21.6 Å². The number of sulfonamides is 1. The number of hydrogen-bond donors (Lipinski definition) is 0. The Bertz CT molecular complexity index is 919. The first-order chi connectivity index (χ1) is 12.2. The first kappa shape index (κ1) is 19.3. The molecular weight excluding hydrogens is 377 g/mol. The standard InChI is InChI=1S/C18H23ClFN3O2S/c1-12-18(13(2)22(3)21-12)26(24,25)23-8-6-14(7-9-23)10-15-4-5-16(19)11-17(15)20/h4-5,11,14H,6-10H2,1-3H3. The summed E-state index contributed by atoms with van der Waals surface area (Å²) in [6, 6.07) is 4.72. The highest BCUT2D eigenvalue weighted by Gasteiger charge is 2.33. The zero-order valence-corrected chi connectivity index (χ0v) is 16.7. The SMILES string of the molecule is Cc1nn(C)c(C)c1S(=O)(=O)N1CCC(Cc2ccc(Cl)cc2F)CC1. The quantitative estimate of drug-likeness (QED) is 0.790. The maximum atomic E-state index is 14.0. The third kappa shape index (κ3) is 3.66. The highest BCUT2D eigenvalue weighted by Crippen LogP contribution is 2.29. The predicted octanol–water partition coefficient (Wildman–Crippen LogP) is 3.47. The molecule has 1 aliphatic heterocycles. The van der Waals surface area contributed by atoms with Gasteiger partial charge in [0.2, 0.25) is 10.0 Å². The fraction of sp³-hybridized carbons (Fsp3) is 0.500. The maximum absolute atomic E-state index is 14.0. The summed E-state index contributed by atoms with van der Waals surface area (Å²) in [5.41, 5.74) is 1.80. The minimum atomic E-state index is -3.55. The molecule has 26 heavy (non-hydrogen) atoms. The number of aryl methyl sites for hydroxylation is 2. The summed E-state index contributed by atoms with van der Waals surface area (Å²) < 4.78 is 43.1. The minimum Gasteiger partial charge on any atom is -0.271 e. The van der Waals surface area contributed by atoms with Gasteiger partial charge in [-0.25, -0.2) is 12.8 Å². The third-order valence-electron chi connectivity index (χ3n) is 5.14. The molecule has 1 aromatic heterocycles. The topological polar surface area (TPSA) is 55.2 Å². The van der Waals surface area contributed by atoms with Gasteiger partial charge in [0.15, 0.2) is 0 Å². The Balaban J connectivity index is 1.70. The second-order valence-electron chi connectivity index (χ2n) is 6.91. The van der Waals surface area contributed by atoms with Crippen LogP contribution in [0.3, 0.4) is 0 Å². The van der Waals surface area contributed by atoms with E-state index in [1.807, 2.05) is 0 Å². The molecule has 0 saturated carbocycles. The van der Waals surface area contributed by atoms with Gasteiger partial charge in [-0.3, -0.25) is 4.68 Å². The fourth-order valence-corrected chi connectivity index (χ4v) is 5.64. The number of nitrogens with zero attached hydrogens (tertiary/aromatic N) is 3. The molecule has 3 rings (SSSR count). The number of piperidine rings is 1.